The first-order valence-electron chi connectivity index (χ1n) is 12.5. The zero-order valence-corrected chi connectivity index (χ0v) is 21.5. The number of methoxy groups -OCH3 is 1. The largest absolute Gasteiger partial charge is 0.497 e. The van der Waals surface area contributed by atoms with Gasteiger partial charge in [0.15, 0.2) is 5.16 Å². The number of aryl methyl sites for hydroxylation is 2. The first-order valence-corrected chi connectivity index (χ1v) is 13.5. The molecule has 1 aliphatic heterocycles. The Kier molecular flexibility index (Phi) is 9.04. The van der Waals surface area contributed by atoms with Gasteiger partial charge < -0.3 is 19.3 Å². The first-order chi connectivity index (χ1) is 17.0. The van der Waals surface area contributed by atoms with Crippen molar-refractivity contribution in [1.82, 2.24) is 19.4 Å². The van der Waals surface area contributed by atoms with Crippen LogP contribution < -0.4 is 4.74 Å². The minimum Gasteiger partial charge on any atom is -0.497 e. The normalized spacial score (nSPS) is 18.7. The summed E-state index contributed by atoms with van der Waals surface area (Å²) < 4.78 is 7.47. The average Bonchev–Trinajstić information content (AvgIpc) is 3.28. The third-order valence-corrected chi connectivity index (χ3v) is 8.22. The van der Waals surface area contributed by atoms with Gasteiger partial charge in [0.2, 0.25) is 0 Å². The van der Waals surface area contributed by atoms with Crippen LogP contribution in [-0.2, 0) is 18.3 Å². The molecule has 3 heterocycles. The quantitative estimate of drug-likeness (QED) is 0.357. The number of carbonyl (C=O) groups is 1. The van der Waals surface area contributed by atoms with Crippen molar-refractivity contribution in [2.45, 2.75) is 43.7 Å². The molecule has 0 radical (unpaired) electrons. The lowest BCUT2D eigenvalue weighted by Gasteiger charge is -2.39. The lowest BCUT2D eigenvalue weighted by atomic mass is 9.79. The Bertz CT molecular complexity index is 1120. The highest BCUT2D eigenvalue weighted by molar-refractivity contribution is 7.99. The van der Waals surface area contributed by atoms with Crippen molar-refractivity contribution in [3.05, 3.63) is 48.4 Å². The Morgan fingerprint density at radius 2 is 2.09 bits per heavy atom. The van der Waals surface area contributed by atoms with Gasteiger partial charge >= 0.3 is 5.97 Å². The summed E-state index contributed by atoms with van der Waals surface area (Å²) in [4.78, 5) is 22.7. The number of hydrogen-bond acceptors (Lipinski definition) is 6. The number of hydrogen-bond donors (Lipinski definition) is 1. The fourth-order valence-electron chi connectivity index (χ4n) is 5.21. The molecule has 0 bridgehead atoms. The van der Waals surface area contributed by atoms with E-state index < -0.39 is 5.97 Å². The highest BCUT2D eigenvalue weighted by atomic mass is 32.2. The number of aliphatic carboxylic acids is 1. The summed E-state index contributed by atoms with van der Waals surface area (Å²) in [6.45, 7) is 3.10. The molecule has 1 N–H and O–H groups in total. The van der Waals surface area contributed by atoms with Crippen LogP contribution in [0.4, 0.5) is 0 Å². The molecule has 7 nitrogen and oxygen atoms in total. The Labute approximate surface area is 211 Å². The number of piperidine rings is 1. The number of carboxylic acids is 1. The molecule has 1 aromatic carbocycles. The van der Waals surface area contributed by atoms with Crippen LogP contribution in [-0.4, -0.2) is 63.0 Å². The second kappa shape index (κ2) is 12.4. The van der Waals surface area contributed by atoms with Crippen molar-refractivity contribution in [2.24, 2.45) is 18.9 Å². The van der Waals surface area contributed by atoms with Crippen LogP contribution in [0.2, 0.25) is 0 Å². The Morgan fingerprint density at radius 1 is 1.20 bits per heavy atom. The highest BCUT2D eigenvalue weighted by Gasteiger charge is 2.29. The number of thioether (sulfide) groups is 1. The molecule has 2 atom stereocenters. The monoisotopic (exact) mass is 496 g/mol. The van der Waals surface area contributed by atoms with Crippen LogP contribution in [0.15, 0.2) is 48.0 Å². The second-order valence-corrected chi connectivity index (χ2v) is 10.5. The van der Waals surface area contributed by atoms with E-state index in [2.05, 4.69) is 31.6 Å². The van der Waals surface area contributed by atoms with Gasteiger partial charge in [0.05, 0.1) is 12.6 Å². The predicted octanol–water partition coefficient (Wildman–Crippen LogP) is 4.89. The number of imidazole rings is 1. The number of ether oxygens (including phenoxy) is 1. The lowest BCUT2D eigenvalue weighted by molar-refractivity contribution is -0.137. The molecule has 0 saturated carbocycles. The van der Waals surface area contributed by atoms with E-state index in [0.29, 0.717) is 11.8 Å². The van der Waals surface area contributed by atoms with E-state index in [1.807, 2.05) is 37.8 Å². The molecule has 8 heteroatoms. The number of benzene rings is 1. The molecule has 0 spiro atoms. The molecule has 2 unspecified atom stereocenters. The Morgan fingerprint density at radius 3 is 2.86 bits per heavy atom. The summed E-state index contributed by atoms with van der Waals surface area (Å²) in [6.07, 6.45) is 11.1. The SMILES string of the molecule is COc1ccc2nccc(CCCC3CCN(CCSc4nccn4C)CC3CCC(=O)O)c2c1. The number of pyridine rings is 1. The fraction of sp³-hybridized carbons (Fsp3) is 0.519. The Balaban J connectivity index is 1.32. The van der Waals surface area contributed by atoms with Crippen LogP contribution in [0, 0.1) is 11.8 Å². The van der Waals surface area contributed by atoms with Gasteiger partial charge in [0.25, 0.3) is 0 Å². The molecule has 188 valence electrons. The molecule has 0 amide bonds. The molecule has 3 aromatic rings. The van der Waals surface area contributed by atoms with Crippen LogP contribution in [0.5, 0.6) is 5.75 Å². The topological polar surface area (TPSA) is 80.5 Å². The minimum absolute atomic E-state index is 0.256. The van der Waals surface area contributed by atoms with Crippen LogP contribution in [0.3, 0.4) is 0 Å². The summed E-state index contributed by atoms with van der Waals surface area (Å²) in [6, 6.07) is 8.16. The smallest absolute Gasteiger partial charge is 0.303 e. The molecule has 1 aliphatic rings. The number of aromatic nitrogens is 3. The van der Waals surface area contributed by atoms with Crippen molar-refractivity contribution < 1.29 is 14.6 Å². The van der Waals surface area contributed by atoms with E-state index in [1.54, 1.807) is 18.9 Å². The maximum atomic E-state index is 11.3. The van der Waals surface area contributed by atoms with E-state index >= 15 is 0 Å². The zero-order valence-electron chi connectivity index (χ0n) is 20.7. The fourth-order valence-corrected chi connectivity index (χ4v) is 6.15. The van der Waals surface area contributed by atoms with Crippen molar-refractivity contribution in [3.8, 4) is 5.75 Å². The lowest BCUT2D eigenvalue weighted by Crippen LogP contribution is -2.41. The van der Waals surface area contributed by atoms with Crippen molar-refractivity contribution in [3.63, 3.8) is 0 Å². The minimum atomic E-state index is -0.691. The van der Waals surface area contributed by atoms with Gasteiger partial charge in [0.1, 0.15) is 5.75 Å². The van der Waals surface area contributed by atoms with Gasteiger partial charge in [-0.3, -0.25) is 9.78 Å². The van der Waals surface area contributed by atoms with Gasteiger partial charge in [-0.2, -0.15) is 0 Å². The van der Waals surface area contributed by atoms with Crippen molar-refractivity contribution in [1.29, 1.82) is 0 Å². The maximum absolute atomic E-state index is 11.3. The van der Waals surface area contributed by atoms with Gasteiger partial charge in [0, 0.05) is 56.3 Å². The van der Waals surface area contributed by atoms with E-state index in [9.17, 15) is 9.90 Å². The number of carboxylic acid groups (broad SMARTS) is 1. The maximum Gasteiger partial charge on any atom is 0.303 e. The van der Waals surface area contributed by atoms with Gasteiger partial charge in [-0.1, -0.05) is 11.8 Å². The number of likely N-dealkylation sites (tertiary alicyclic amines) is 1. The second-order valence-electron chi connectivity index (χ2n) is 9.46. The highest BCUT2D eigenvalue weighted by Crippen LogP contribution is 2.32. The first kappa shape index (κ1) is 25.5. The standard InChI is InChI=1S/C27H36N4O3S/c1-30-15-13-29-27(30)35-17-16-31-14-11-20(22(19-31)6-9-26(32)33)4-3-5-21-10-12-28-25-8-7-23(34-2)18-24(21)25/h7-8,10,12-13,15,18,20,22H,3-6,9,11,14,16-17,19H2,1-2H3,(H,32,33). The van der Waals surface area contributed by atoms with Gasteiger partial charge in [-0.25, -0.2) is 4.98 Å². The number of fused-ring (bicyclic) bond motifs is 1. The predicted molar refractivity (Wildman–Crippen MR) is 140 cm³/mol. The Hall–Kier alpha value is -2.58. The number of nitrogens with zero attached hydrogens (tertiary/aromatic N) is 4. The molecular formula is C27H36N4O3S. The summed E-state index contributed by atoms with van der Waals surface area (Å²) in [5.41, 5.74) is 2.30. The zero-order chi connectivity index (χ0) is 24.6. The van der Waals surface area contributed by atoms with E-state index in [1.165, 1.54) is 5.56 Å². The molecule has 4 rings (SSSR count). The van der Waals surface area contributed by atoms with E-state index in [0.717, 1.165) is 79.3 Å². The molecule has 2 aromatic heterocycles. The molecule has 1 saturated heterocycles. The van der Waals surface area contributed by atoms with Crippen LogP contribution in [0.25, 0.3) is 10.9 Å². The third-order valence-electron chi connectivity index (χ3n) is 7.18. The van der Waals surface area contributed by atoms with Gasteiger partial charge in [-0.05, 0) is 80.3 Å². The summed E-state index contributed by atoms with van der Waals surface area (Å²) in [5, 5.41) is 11.5. The van der Waals surface area contributed by atoms with Crippen molar-refractivity contribution >= 4 is 28.6 Å². The molecular weight excluding hydrogens is 460 g/mol. The summed E-state index contributed by atoms with van der Waals surface area (Å²) >= 11 is 1.78. The molecule has 1 fully saturated rings. The van der Waals surface area contributed by atoms with E-state index in [4.69, 9.17) is 4.74 Å². The van der Waals surface area contributed by atoms with Crippen LogP contribution in [0.1, 0.15) is 37.7 Å². The van der Waals surface area contributed by atoms with Crippen molar-refractivity contribution in [2.75, 3.05) is 32.5 Å². The summed E-state index contributed by atoms with van der Waals surface area (Å²) in [5.74, 6) is 2.18. The molecule has 35 heavy (non-hydrogen) atoms. The molecule has 0 aliphatic carbocycles. The van der Waals surface area contributed by atoms with Gasteiger partial charge in [-0.15, -0.1) is 0 Å². The van der Waals surface area contributed by atoms with Crippen LogP contribution >= 0.6 is 11.8 Å². The van der Waals surface area contributed by atoms with E-state index in [-0.39, 0.29) is 6.42 Å². The average molecular weight is 497 g/mol. The number of rotatable bonds is 12. The summed E-state index contributed by atoms with van der Waals surface area (Å²) in [7, 11) is 3.71. The third kappa shape index (κ3) is 6.98.